The van der Waals surface area contributed by atoms with Crippen LogP contribution in [-0.4, -0.2) is 10.3 Å². The number of nitrogen functional groups attached to an aromatic ring is 1. The molecule has 4 nitrogen and oxygen atoms in total. The summed E-state index contributed by atoms with van der Waals surface area (Å²) in [6.45, 7) is 0. The van der Waals surface area contributed by atoms with Crippen molar-refractivity contribution in [3.63, 3.8) is 0 Å². The zero-order chi connectivity index (χ0) is 12.6. The van der Waals surface area contributed by atoms with Crippen LogP contribution in [0.15, 0.2) is 28.8 Å². The molecule has 90 valence electrons. The molecule has 0 fully saturated rings. The quantitative estimate of drug-likeness (QED) is 0.808. The molecule has 0 spiro atoms. The lowest BCUT2D eigenvalue weighted by atomic mass is 10.1. The highest BCUT2D eigenvalue weighted by Gasteiger charge is 2.34. The Morgan fingerprint density at radius 3 is 2.47 bits per heavy atom. The van der Waals surface area contributed by atoms with Crippen LogP contribution in [-0.2, 0) is 6.18 Å². The first-order valence-electron chi connectivity index (χ1n) is 4.50. The summed E-state index contributed by atoms with van der Waals surface area (Å²) in [6, 6.07) is 4.32. The summed E-state index contributed by atoms with van der Waals surface area (Å²) >= 11 is 0. The first kappa shape index (κ1) is 11.3. The Hall–Kier alpha value is -2.18. The van der Waals surface area contributed by atoms with Crippen molar-refractivity contribution in [2.45, 2.75) is 6.18 Å². The zero-order valence-electron chi connectivity index (χ0n) is 8.32. The monoisotopic (exact) mass is 244 g/mol. The number of hydrogen-bond acceptors (Lipinski definition) is 4. The molecule has 1 heterocycles. The standard InChI is InChI=1S/C10H7F3N2O2/c11-10(12,13)6-3-5(1-2-8(6)16)7-4-9(14)17-15-7/h1-4,16H,14H2. The third kappa shape index (κ3) is 2.17. The van der Waals surface area contributed by atoms with Gasteiger partial charge in [0.15, 0.2) is 0 Å². The van der Waals surface area contributed by atoms with Gasteiger partial charge in [-0.2, -0.15) is 13.2 Å². The molecule has 1 aromatic carbocycles. The van der Waals surface area contributed by atoms with Crippen molar-refractivity contribution in [3.05, 3.63) is 29.8 Å². The van der Waals surface area contributed by atoms with Gasteiger partial charge in [0.05, 0.1) is 5.56 Å². The number of benzene rings is 1. The Labute approximate surface area is 93.4 Å². The van der Waals surface area contributed by atoms with Gasteiger partial charge in [-0.25, -0.2) is 0 Å². The molecule has 2 rings (SSSR count). The number of phenolic OH excluding ortho intramolecular Hbond substituents is 1. The lowest BCUT2D eigenvalue weighted by Gasteiger charge is -2.09. The molecular weight excluding hydrogens is 237 g/mol. The summed E-state index contributed by atoms with van der Waals surface area (Å²) < 4.78 is 42.1. The number of anilines is 1. The highest BCUT2D eigenvalue weighted by molar-refractivity contribution is 5.63. The molecule has 1 aromatic heterocycles. The molecule has 0 saturated heterocycles. The third-order valence-corrected chi connectivity index (χ3v) is 2.13. The molecule has 17 heavy (non-hydrogen) atoms. The van der Waals surface area contributed by atoms with E-state index in [-0.39, 0.29) is 17.1 Å². The van der Waals surface area contributed by atoms with E-state index in [1.54, 1.807) is 0 Å². The molecule has 0 atom stereocenters. The zero-order valence-corrected chi connectivity index (χ0v) is 8.32. The number of nitrogens with two attached hydrogens (primary N) is 1. The van der Waals surface area contributed by atoms with E-state index in [4.69, 9.17) is 10.8 Å². The number of nitrogens with zero attached hydrogens (tertiary/aromatic N) is 1. The summed E-state index contributed by atoms with van der Waals surface area (Å²) in [7, 11) is 0. The normalized spacial score (nSPS) is 11.7. The van der Waals surface area contributed by atoms with Crippen molar-refractivity contribution >= 4 is 5.88 Å². The topological polar surface area (TPSA) is 72.3 Å². The Kier molecular flexibility index (Phi) is 2.45. The third-order valence-electron chi connectivity index (χ3n) is 2.13. The second-order valence-electron chi connectivity index (χ2n) is 3.34. The smallest absolute Gasteiger partial charge is 0.419 e. The van der Waals surface area contributed by atoms with Gasteiger partial charge in [0.25, 0.3) is 0 Å². The molecule has 3 N–H and O–H groups in total. The van der Waals surface area contributed by atoms with Gasteiger partial charge in [0, 0.05) is 11.6 Å². The predicted octanol–water partition coefficient (Wildman–Crippen LogP) is 2.65. The number of hydrogen-bond donors (Lipinski definition) is 2. The number of aromatic hydroxyl groups is 1. The number of halogens is 3. The van der Waals surface area contributed by atoms with E-state index in [1.807, 2.05) is 0 Å². The Bertz CT molecular complexity index is 549. The average Bonchev–Trinajstić information content (AvgIpc) is 2.64. The Balaban J connectivity index is 2.51. The molecule has 2 aromatic rings. The van der Waals surface area contributed by atoms with Gasteiger partial charge in [-0.1, -0.05) is 5.16 Å². The van der Waals surface area contributed by atoms with Crippen LogP contribution < -0.4 is 5.73 Å². The molecule has 0 aliphatic carbocycles. The Morgan fingerprint density at radius 1 is 1.24 bits per heavy atom. The molecule has 0 saturated carbocycles. The lowest BCUT2D eigenvalue weighted by molar-refractivity contribution is -0.138. The van der Waals surface area contributed by atoms with E-state index in [1.165, 1.54) is 12.1 Å². The molecule has 0 unspecified atom stereocenters. The van der Waals surface area contributed by atoms with Gasteiger partial charge in [0.1, 0.15) is 11.4 Å². The largest absolute Gasteiger partial charge is 0.507 e. The number of rotatable bonds is 1. The van der Waals surface area contributed by atoms with Crippen molar-refractivity contribution in [2.24, 2.45) is 0 Å². The van der Waals surface area contributed by atoms with E-state index in [0.29, 0.717) is 0 Å². The number of phenols is 1. The van der Waals surface area contributed by atoms with Crippen LogP contribution >= 0.6 is 0 Å². The predicted molar refractivity (Wildman–Crippen MR) is 53.0 cm³/mol. The van der Waals surface area contributed by atoms with Gasteiger partial charge in [-0.05, 0) is 18.2 Å². The van der Waals surface area contributed by atoms with Crippen LogP contribution in [0.25, 0.3) is 11.3 Å². The minimum atomic E-state index is -4.63. The molecule has 7 heteroatoms. The highest BCUT2D eigenvalue weighted by Crippen LogP contribution is 2.37. The molecular formula is C10H7F3N2O2. The van der Waals surface area contributed by atoms with E-state index in [2.05, 4.69) is 9.68 Å². The minimum Gasteiger partial charge on any atom is -0.507 e. The second-order valence-corrected chi connectivity index (χ2v) is 3.34. The molecule has 0 amide bonds. The van der Waals surface area contributed by atoms with Crippen LogP contribution in [0, 0.1) is 0 Å². The van der Waals surface area contributed by atoms with Crippen LogP contribution in [0.5, 0.6) is 5.75 Å². The van der Waals surface area contributed by atoms with Gasteiger partial charge in [0.2, 0.25) is 5.88 Å². The molecule has 0 aliphatic rings. The van der Waals surface area contributed by atoms with Crippen molar-refractivity contribution < 1.29 is 22.8 Å². The lowest BCUT2D eigenvalue weighted by Crippen LogP contribution is -2.05. The van der Waals surface area contributed by atoms with E-state index >= 15 is 0 Å². The first-order chi connectivity index (χ1) is 7.88. The molecule has 0 radical (unpaired) electrons. The van der Waals surface area contributed by atoms with E-state index < -0.39 is 17.5 Å². The van der Waals surface area contributed by atoms with Gasteiger partial charge >= 0.3 is 6.18 Å². The van der Waals surface area contributed by atoms with E-state index in [0.717, 1.165) is 12.1 Å². The van der Waals surface area contributed by atoms with E-state index in [9.17, 15) is 13.2 Å². The van der Waals surface area contributed by atoms with Crippen molar-refractivity contribution in [2.75, 3.05) is 5.73 Å². The second kappa shape index (κ2) is 3.69. The summed E-state index contributed by atoms with van der Waals surface area (Å²) in [6.07, 6.45) is -4.63. The minimum absolute atomic E-state index is 0.00151. The molecule has 0 bridgehead atoms. The summed E-state index contributed by atoms with van der Waals surface area (Å²) in [5, 5.41) is 12.6. The maximum atomic E-state index is 12.5. The van der Waals surface area contributed by atoms with Crippen LogP contribution in [0.3, 0.4) is 0 Å². The number of aromatic nitrogens is 1. The SMILES string of the molecule is Nc1cc(-c2ccc(O)c(C(F)(F)F)c2)no1. The molecule has 0 aliphatic heterocycles. The Morgan fingerprint density at radius 2 is 1.94 bits per heavy atom. The van der Waals surface area contributed by atoms with Crippen LogP contribution in [0.2, 0.25) is 0 Å². The first-order valence-corrected chi connectivity index (χ1v) is 4.50. The fraction of sp³-hybridized carbons (Fsp3) is 0.100. The van der Waals surface area contributed by atoms with Crippen LogP contribution in [0.4, 0.5) is 19.1 Å². The van der Waals surface area contributed by atoms with Gasteiger partial charge in [-0.3, -0.25) is 0 Å². The highest BCUT2D eigenvalue weighted by atomic mass is 19.4. The number of alkyl halides is 3. The summed E-state index contributed by atoms with van der Waals surface area (Å²) in [4.78, 5) is 0. The van der Waals surface area contributed by atoms with Crippen LogP contribution in [0.1, 0.15) is 5.56 Å². The maximum Gasteiger partial charge on any atom is 0.419 e. The fourth-order valence-electron chi connectivity index (χ4n) is 1.35. The van der Waals surface area contributed by atoms with Gasteiger partial charge < -0.3 is 15.4 Å². The average molecular weight is 244 g/mol. The van der Waals surface area contributed by atoms with Crippen molar-refractivity contribution in [1.82, 2.24) is 5.16 Å². The van der Waals surface area contributed by atoms with Crippen molar-refractivity contribution in [1.29, 1.82) is 0 Å². The summed E-state index contributed by atoms with van der Waals surface area (Å²) in [5.74, 6) is -0.834. The van der Waals surface area contributed by atoms with Gasteiger partial charge in [-0.15, -0.1) is 0 Å². The van der Waals surface area contributed by atoms with Crippen molar-refractivity contribution in [3.8, 4) is 17.0 Å². The maximum absolute atomic E-state index is 12.5. The summed E-state index contributed by atoms with van der Waals surface area (Å²) in [5.41, 5.74) is 4.48. The fourth-order valence-corrected chi connectivity index (χ4v) is 1.35.